The zero-order valence-corrected chi connectivity index (χ0v) is 10.2. The normalized spacial score (nSPS) is 16.4. The van der Waals surface area contributed by atoms with Gasteiger partial charge in [-0.1, -0.05) is 43.1 Å². The third kappa shape index (κ3) is 6.03. The largest absolute Gasteiger partial charge is 0.159 e. The van der Waals surface area contributed by atoms with Crippen LogP contribution in [-0.2, 0) is 0 Å². The molecule has 2 heteroatoms. The van der Waals surface area contributed by atoms with Crippen LogP contribution < -0.4 is 0 Å². The Hall–Kier alpha value is 0.830. The molecule has 11 heavy (non-hydrogen) atoms. The van der Waals surface area contributed by atoms with Crippen molar-refractivity contribution in [1.82, 2.24) is 0 Å². The molecule has 0 saturated heterocycles. The summed E-state index contributed by atoms with van der Waals surface area (Å²) in [7, 11) is 0. The first-order valence-electron chi connectivity index (χ1n) is 4.42. The Bertz CT molecular complexity index is 81.6. The summed E-state index contributed by atoms with van der Waals surface area (Å²) in [6, 6.07) is 0. The zero-order chi connectivity index (χ0) is 8.69. The molecule has 0 aliphatic heterocycles. The summed E-state index contributed by atoms with van der Waals surface area (Å²) >= 11 is 5.64. The highest BCUT2D eigenvalue weighted by Gasteiger charge is 2.06. The lowest BCUT2D eigenvalue weighted by Crippen LogP contribution is -2.06. The Morgan fingerprint density at radius 1 is 1.27 bits per heavy atom. The number of hydrogen-bond acceptors (Lipinski definition) is 1. The summed E-state index contributed by atoms with van der Waals surface area (Å²) in [4.78, 5) is 0. The summed E-state index contributed by atoms with van der Waals surface area (Å²) in [6.07, 6.45) is 2.60. The molecule has 2 atom stereocenters. The Labute approximate surface area is 83.6 Å². The molecule has 0 aliphatic rings. The fourth-order valence-electron chi connectivity index (χ4n) is 0.690. The average Bonchev–Trinajstić information content (AvgIpc) is 2.06. The van der Waals surface area contributed by atoms with E-state index in [1.807, 2.05) is 0 Å². The molecule has 0 aromatic carbocycles. The Balaban J connectivity index is 3.34. The summed E-state index contributed by atoms with van der Waals surface area (Å²) < 4.78 is 0. The van der Waals surface area contributed by atoms with E-state index < -0.39 is 0 Å². The van der Waals surface area contributed by atoms with Gasteiger partial charge >= 0.3 is 0 Å². The van der Waals surface area contributed by atoms with Crippen molar-refractivity contribution in [3.05, 3.63) is 0 Å². The van der Waals surface area contributed by atoms with Crippen molar-refractivity contribution in [1.29, 1.82) is 0 Å². The van der Waals surface area contributed by atoms with Gasteiger partial charge in [-0.2, -0.15) is 11.8 Å². The molecule has 0 heterocycles. The van der Waals surface area contributed by atoms with Crippen LogP contribution in [0, 0.1) is 5.92 Å². The molecule has 0 rings (SSSR count). The summed E-state index contributed by atoms with van der Waals surface area (Å²) in [5.41, 5.74) is 0. The van der Waals surface area contributed by atoms with E-state index >= 15 is 0 Å². The van der Waals surface area contributed by atoms with E-state index in [4.69, 9.17) is 0 Å². The molecule has 0 fully saturated rings. The fraction of sp³-hybridized carbons (Fsp3) is 1.00. The molecule has 0 radical (unpaired) electrons. The maximum absolute atomic E-state index is 3.53. The quantitative estimate of drug-likeness (QED) is 0.632. The first-order chi connectivity index (χ1) is 5.24. The highest BCUT2D eigenvalue weighted by atomic mass is 79.9. The predicted molar refractivity (Wildman–Crippen MR) is 59.8 cm³/mol. The molecule has 0 amide bonds. The number of thioether (sulfide) groups is 1. The predicted octanol–water partition coefficient (Wildman–Crippen LogP) is 3.94. The summed E-state index contributed by atoms with van der Waals surface area (Å²) in [5.74, 6) is 2.19. The minimum atomic E-state index is 0.836. The fourth-order valence-corrected chi connectivity index (χ4v) is 2.87. The first kappa shape index (κ1) is 11.8. The van der Waals surface area contributed by atoms with Gasteiger partial charge in [0.25, 0.3) is 0 Å². The molecule has 0 aromatic rings. The minimum absolute atomic E-state index is 0.836. The lowest BCUT2D eigenvalue weighted by atomic mass is 10.2. The number of alkyl halides is 1. The van der Waals surface area contributed by atoms with Crippen molar-refractivity contribution in [2.75, 3.05) is 11.1 Å². The van der Waals surface area contributed by atoms with Crippen molar-refractivity contribution in [2.24, 2.45) is 5.92 Å². The molecule has 2 unspecified atom stereocenters. The lowest BCUT2D eigenvalue weighted by molar-refractivity contribution is 0.650. The second-order valence-electron chi connectivity index (χ2n) is 2.98. The van der Waals surface area contributed by atoms with E-state index in [9.17, 15) is 0 Å². The molecule has 0 aromatic heterocycles. The van der Waals surface area contributed by atoms with E-state index in [1.54, 1.807) is 0 Å². The maximum atomic E-state index is 3.53. The van der Waals surface area contributed by atoms with Crippen LogP contribution in [0.2, 0.25) is 0 Å². The van der Waals surface area contributed by atoms with Gasteiger partial charge in [0.15, 0.2) is 0 Å². The molecular weight excluding hydrogens is 220 g/mol. The minimum Gasteiger partial charge on any atom is -0.159 e. The van der Waals surface area contributed by atoms with Gasteiger partial charge in [-0.05, 0) is 18.1 Å². The Kier molecular flexibility index (Phi) is 8.04. The van der Waals surface area contributed by atoms with Crippen LogP contribution in [0.15, 0.2) is 0 Å². The Morgan fingerprint density at radius 2 is 1.91 bits per heavy atom. The zero-order valence-electron chi connectivity index (χ0n) is 7.77. The summed E-state index contributed by atoms with van der Waals surface area (Å²) in [6.45, 7) is 6.83. The molecule has 0 N–H and O–H groups in total. The second-order valence-corrected chi connectivity index (χ2v) is 5.10. The van der Waals surface area contributed by atoms with Gasteiger partial charge in [-0.15, -0.1) is 0 Å². The van der Waals surface area contributed by atoms with Crippen LogP contribution in [0.4, 0.5) is 0 Å². The highest BCUT2D eigenvalue weighted by Crippen LogP contribution is 2.20. The van der Waals surface area contributed by atoms with Gasteiger partial charge in [-0.3, -0.25) is 0 Å². The third-order valence-corrected chi connectivity index (χ3v) is 4.47. The lowest BCUT2D eigenvalue weighted by Gasteiger charge is -2.13. The molecule has 0 spiro atoms. The van der Waals surface area contributed by atoms with E-state index in [1.165, 1.54) is 18.6 Å². The second kappa shape index (κ2) is 7.48. The standard InChI is InChI=1S/C9H19BrS/c1-4-8(3)11-7-9(5-2)6-10/h8-9H,4-7H2,1-3H3. The van der Waals surface area contributed by atoms with E-state index in [0.717, 1.165) is 16.5 Å². The van der Waals surface area contributed by atoms with Crippen LogP contribution in [0.5, 0.6) is 0 Å². The van der Waals surface area contributed by atoms with Crippen molar-refractivity contribution in [3.63, 3.8) is 0 Å². The van der Waals surface area contributed by atoms with Crippen LogP contribution in [0.1, 0.15) is 33.6 Å². The molecule has 0 bridgehead atoms. The van der Waals surface area contributed by atoms with E-state index in [0.29, 0.717) is 0 Å². The number of hydrogen-bond donors (Lipinski definition) is 0. The molecule has 68 valence electrons. The number of halogens is 1. The SMILES string of the molecule is CCC(CBr)CSC(C)CC. The van der Waals surface area contributed by atoms with Gasteiger partial charge in [0.05, 0.1) is 0 Å². The highest BCUT2D eigenvalue weighted by molar-refractivity contribution is 9.09. The molecular formula is C9H19BrS. The number of rotatable bonds is 6. The van der Waals surface area contributed by atoms with Crippen LogP contribution in [0.3, 0.4) is 0 Å². The van der Waals surface area contributed by atoms with E-state index in [2.05, 4.69) is 48.5 Å². The van der Waals surface area contributed by atoms with Crippen LogP contribution >= 0.6 is 27.7 Å². The molecule has 0 nitrogen and oxygen atoms in total. The van der Waals surface area contributed by atoms with Crippen molar-refractivity contribution >= 4 is 27.7 Å². The van der Waals surface area contributed by atoms with Gasteiger partial charge in [-0.25, -0.2) is 0 Å². The topological polar surface area (TPSA) is 0 Å². The van der Waals surface area contributed by atoms with Gasteiger partial charge in [0.1, 0.15) is 0 Å². The average molecular weight is 239 g/mol. The van der Waals surface area contributed by atoms with Crippen molar-refractivity contribution in [2.45, 2.75) is 38.9 Å². The van der Waals surface area contributed by atoms with Crippen LogP contribution in [-0.4, -0.2) is 16.3 Å². The van der Waals surface area contributed by atoms with E-state index in [-0.39, 0.29) is 0 Å². The molecule has 0 saturated carbocycles. The smallest absolute Gasteiger partial charge is 0.00674 e. The van der Waals surface area contributed by atoms with Crippen molar-refractivity contribution in [3.8, 4) is 0 Å². The maximum Gasteiger partial charge on any atom is 0.00674 e. The van der Waals surface area contributed by atoms with Crippen molar-refractivity contribution < 1.29 is 0 Å². The molecule has 0 aliphatic carbocycles. The van der Waals surface area contributed by atoms with Gasteiger partial charge < -0.3 is 0 Å². The monoisotopic (exact) mass is 238 g/mol. The summed E-state index contributed by atoms with van der Waals surface area (Å²) in [5, 5.41) is 2.00. The first-order valence-corrected chi connectivity index (χ1v) is 6.59. The van der Waals surface area contributed by atoms with Gasteiger partial charge in [0.2, 0.25) is 0 Å². The van der Waals surface area contributed by atoms with Crippen LogP contribution in [0.25, 0.3) is 0 Å². The Morgan fingerprint density at radius 3 is 2.27 bits per heavy atom. The van der Waals surface area contributed by atoms with Gasteiger partial charge in [0, 0.05) is 10.6 Å². The third-order valence-electron chi connectivity index (χ3n) is 1.99.